The van der Waals surface area contributed by atoms with Crippen LogP contribution in [-0.4, -0.2) is 45.8 Å². The Balaban J connectivity index is 1.55. The number of nitrogens with one attached hydrogen (secondary N) is 2. The van der Waals surface area contributed by atoms with E-state index in [0.717, 1.165) is 22.6 Å². The lowest BCUT2D eigenvalue weighted by Gasteiger charge is -2.21. The third-order valence-corrected chi connectivity index (χ3v) is 5.76. The molecule has 0 aliphatic rings. The lowest BCUT2D eigenvalue weighted by Crippen LogP contribution is -2.34. The van der Waals surface area contributed by atoms with Gasteiger partial charge in [0.25, 0.3) is 5.91 Å². The summed E-state index contributed by atoms with van der Waals surface area (Å²) in [6, 6.07) is 18.3. The quantitative estimate of drug-likeness (QED) is 0.258. The maximum absolute atomic E-state index is 13.5. The van der Waals surface area contributed by atoms with E-state index in [2.05, 4.69) is 10.3 Å². The molecule has 36 heavy (non-hydrogen) atoms. The van der Waals surface area contributed by atoms with Gasteiger partial charge in [-0.2, -0.15) is 0 Å². The molecule has 0 saturated heterocycles. The summed E-state index contributed by atoms with van der Waals surface area (Å²) in [5.74, 6) is 0.647. The predicted molar refractivity (Wildman–Crippen MR) is 140 cm³/mol. The molecule has 0 unspecified atom stereocenters. The van der Waals surface area contributed by atoms with Crippen LogP contribution in [-0.2, 0) is 23.1 Å². The number of rotatable bonds is 10. The summed E-state index contributed by atoms with van der Waals surface area (Å²) >= 11 is 0. The molecule has 9 nitrogen and oxygen atoms in total. The van der Waals surface area contributed by atoms with Gasteiger partial charge in [-0.25, -0.2) is 9.97 Å². The van der Waals surface area contributed by atoms with Crippen molar-refractivity contribution in [2.45, 2.75) is 19.9 Å². The largest absolute Gasteiger partial charge is 0.466 e. The Morgan fingerprint density at radius 3 is 2.64 bits per heavy atom. The number of nitrogens with zero attached hydrogens (tertiary/aromatic N) is 4. The second-order valence-electron chi connectivity index (χ2n) is 8.11. The molecule has 2 aromatic heterocycles. The zero-order chi connectivity index (χ0) is 25.5. The number of hydrogen-bond donors (Lipinski definition) is 2. The van der Waals surface area contributed by atoms with Gasteiger partial charge in [0.05, 0.1) is 30.6 Å². The molecule has 0 atom stereocenters. The van der Waals surface area contributed by atoms with Crippen LogP contribution < -0.4 is 10.2 Å². The normalized spacial score (nSPS) is 10.7. The highest BCUT2D eigenvalue weighted by molar-refractivity contribution is 6.07. The highest BCUT2D eigenvalue weighted by Gasteiger charge is 2.21. The molecule has 0 aliphatic carbocycles. The van der Waals surface area contributed by atoms with E-state index in [1.807, 2.05) is 41.9 Å². The Labute approximate surface area is 209 Å². The summed E-state index contributed by atoms with van der Waals surface area (Å²) in [4.78, 5) is 36.0. The maximum atomic E-state index is 13.5. The molecule has 2 aromatic carbocycles. The lowest BCUT2D eigenvalue weighted by atomic mass is 10.1. The van der Waals surface area contributed by atoms with Gasteiger partial charge in [0.1, 0.15) is 11.6 Å². The minimum absolute atomic E-state index is 0.0681. The molecule has 0 spiro atoms. The molecule has 4 rings (SSSR count). The molecule has 0 saturated carbocycles. The monoisotopic (exact) mass is 484 g/mol. The Bertz CT molecular complexity index is 1370. The average molecular weight is 485 g/mol. The molecular weight excluding hydrogens is 456 g/mol. The molecule has 0 fully saturated rings. The van der Waals surface area contributed by atoms with Gasteiger partial charge in [-0.3, -0.25) is 14.5 Å². The molecule has 1 amide bonds. The first kappa shape index (κ1) is 24.6. The van der Waals surface area contributed by atoms with E-state index in [1.54, 1.807) is 43.5 Å². The van der Waals surface area contributed by atoms with Crippen molar-refractivity contribution < 1.29 is 14.3 Å². The highest BCUT2D eigenvalue weighted by Crippen LogP contribution is 2.21. The van der Waals surface area contributed by atoms with Crippen LogP contribution in [0.25, 0.3) is 11.0 Å². The van der Waals surface area contributed by atoms with E-state index in [4.69, 9.17) is 15.1 Å². The molecule has 9 heteroatoms. The second kappa shape index (κ2) is 11.3. The fourth-order valence-corrected chi connectivity index (χ4v) is 3.84. The van der Waals surface area contributed by atoms with Crippen LogP contribution in [0.5, 0.6) is 0 Å². The molecule has 4 aromatic rings. The van der Waals surface area contributed by atoms with Gasteiger partial charge in [0.2, 0.25) is 0 Å². The van der Waals surface area contributed by atoms with Crippen molar-refractivity contribution in [3.05, 3.63) is 83.8 Å². The van der Waals surface area contributed by atoms with Crippen molar-refractivity contribution in [3.63, 3.8) is 0 Å². The maximum Gasteiger partial charge on any atom is 0.307 e. The minimum Gasteiger partial charge on any atom is -0.466 e. The van der Waals surface area contributed by atoms with Crippen molar-refractivity contribution in [3.8, 4) is 0 Å². The van der Waals surface area contributed by atoms with Gasteiger partial charge in [-0.15, -0.1) is 0 Å². The van der Waals surface area contributed by atoms with Gasteiger partial charge >= 0.3 is 5.97 Å². The van der Waals surface area contributed by atoms with Crippen molar-refractivity contribution in [1.29, 1.82) is 5.41 Å². The number of carbonyl (C=O) groups excluding carboxylic acids is 2. The van der Waals surface area contributed by atoms with Crippen molar-refractivity contribution in [1.82, 2.24) is 14.5 Å². The van der Waals surface area contributed by atoms with E-state index in [9.17, 15) is 9.59 Å². The van der Waals surface area contributed by atoms with Crippen LogP contribution >= 0.6 is 0 Å². The fourth-order valence-electron chi connectivity index (χ4n) is 3.84. The second-order valence-corrected chi connectivity index (χ2v) is 8.11. The lowest BCUT2D eigenvalue weighted by molar-refractivity contribution is -0.142. The van der Waals surface area contributed by atoms with Crippen molar-refractivity contribution in [2.24, 2.45) is 7.05 Å². The minimum atomic E-state index is -0.365. The third kappa shape index (κ3) is 5.57. The van der Waals surface area contributed by atoms with E-state index in [0.29, 0.717) is 30.0 Å². The number of hydrogen-bond acceptors (Lipinski definition) is 7. The number of amides is 1. The van der Waals surface area contributed by atoms with Crippen LogP contribution in [0.3, 0.4) is 0 Å². The smallest absolute Gasteiger partial charge is 0.307 e. The molecule has 0 aliphatic heterocycles. The average Bonchev–Trinajstić information content (AvgIpc) is 3.23. The zero-order valence-corrected chi connectivity index (χ0v) is 20.3. The number of benzene rings is 2. The number of aryl methyl sites for hydroxylation is 1. The Morgan fingerprint density at radius 1 is 1.14 bits per heavy atom. The number of pyridine rings is 1. The molecule has 2 N–H and O–H groups in total. The number of ether oxygens (including phenoxy) is 1. The first-order valence-electron chi connectivity index (χ1n) is 11.7. The highest BCUT2D eigenvalue weighted by atomic mass is 16.5. The van der Waals surface area contributed by atoms with E-state index >= 15 is 0 Å². The topological polar surface area (TPSA) is 113 Å². The number of fused-ring (bicyclic) bond motifs is 1. The first-order chi connectivity index (χ1) is 17.5. The van der Waals surface area contributed by atoms with Crippen LogP contribution in [0.4, 0.5) is 11.5 Å². The van der Waals surface area contributed by atoms with Gasteiger partial charge in [0.15, 0.2) is 0 Å². The SMILES string of the molecule is CCOC(=O)CCN(C(=O)c1ccc2c(c1)nc(CNc1ccc(C=N)cc1)n2C)c1ccccn1. The summed E-state index contributed by atoms with van der Waals surface area (Å²) in [6.45, 7) is 2.69. The van der Waals surface area contributed by atoms with E-state index in [1.165, 1.54) is 11.1 Å². The van der Waals surface area contributed by atoms with Gasteiger partial charge in [0, 0.05) is 37.3 Å². The number of carbonyl (C=O) groups is 2. The fraction of sp³-hybridized carbons (Fsp3) is 0.222. The molecule has 0 radical (unpaired) electrons. The number of esters is 1. The molecule has 2 heterocycles. The van der Waals surface area contributed by atoms with Gasteiger partial charge in [-0.05, 0) is 55.0 Å². The van der Waals surface area contributed by atoms with Crippen LogP contribution in [0.15, 0.2) is 66.9 Å². The first-order valence-corrected chi connectivity index (χ1v) is 11.7. The van der Waals surface area contributed by atoms with Crippen LogP contribution in [0.1, 0.15) is 35.1 Å². The number of imidazole rings is 1. The third-order valence-electron chi connectivity index (χ3n) is 5.76. The standard InChI is InChI=1S/C27H28N6O3/c1-3-36-26(34)13-15-33(24-6-4-5-14-29-24)27(35)20-9-12-23-22(16-20)31-25(32(23)2)18-30-21-10-7-19(17-28)8-11-21/h4-12,14,16-17,28,30H,3,13,15,18H2,1-2H3. The molecule has 0 bridgehead atoms. The van der Waals surface area contributed by atoms with E-state index in [-0.39, 0.29) is 24.8 Å². The summed E-state index contributed by atoms with van der Waals surface area (Å²) in [6.07, 6.45) is 2.98. The van der Waals surface area contributed by atoms with Crippen LogP contribution in [0.2, 0.25) is 0 Å². The molecular formula is C27H28N6O3. The van der Waals surface area contributed by atoms with Crippen molar-refractivity contribution >= 4 is 40.6 Å². The van der Waals surface area contributed by atoms with Gasteiger partial charge in [-0.1, -0.05) is 18.2 Å². The summed E-state index contributed by atoms with van der Waals surface area (Å²) in [5, 5.41) is 10.7. The summed E-state index contributed by atoms with van der Waals surface area (Å²) < 4.78 is 7.01. The van der Waals surface area contributed by atoms with Gasteiger partial charge < -0.3 is 20.0 Å². The molecule has 184 valence electrons. The number of aromatic nitrogens is 3. The Morgan fingerprint density at radius 2 is 1.94 bits per heavy atom. The Kier molecular flexibility index (Phi) is 7.69. The predicted octanol–water partition coefficient (Wildman–Crippen LogP) is 4.18. The zero-order valence-electron chi connectivity index (χ0n) is 20.3. The van der Waals surface area contributed by atoms with E-state index < -0.39 is 0 Å². The summed E-state index contributed by atoms with van der Waals surface area (Å²) in [7, 11) is 1.94. The van der Waals surface area contributed by atoms with Crippen LogP contribution in [0, 0.1) is 5.41 Å². The Hall–Kier alpha value is -4.53. The number of anilines is 2. The summed E-state index contributed by atoms with van der Waals surface area (Å²) in [5.41, 5.74) is 3.82. The van der Waals surface area contributed by atoms with Crippen molar-refractivity contribution in [2.75, 3.05) is 23.4 Å².